The molecule has 3 rings (SSSR count). The standard InChI is InChI=1S/C12H12O2/c13-7-8-6-11(8)9-2-1-3-12-10(9)4-5-14-12/h1-3,7-8,11H,4-6H2/t8-,11?/m0/s1. The molecule has 1 aromatic rings. The van der Waals surface area contributed by atoms with Crippen LogP contribution in [0.2, 0.25) is 0 Å². The summed E-state index contributed by atoms with van der Waals surface area (Å²) in [5.41, 5.74) is 2.68. The van der Waals surface area contributed by atoms with Crippen molar-refractivity contribution in [2.24, 2.45) is 5.92 Å². The maximum atomic E-state index is 10.6. The van der Waals surface area contributed by atoms with E-state index >= 15 is 0 Å². The lowest BCUT2D eigenvalue weighted by atomic mass is 10.0. The molecule has 14 heavy (non-hydrogen) atoms. The smallest absolute Gasteiger partial charge is 0.123 e. The Bertz CT molecular complexity index is 384. The number of hydrogen-bond acceptors (Lipinski definition) is 2. The van der Waals surface area contributed by atoms with Crippen LogP contribution < -0.4 is 4.74 Å². The summed E-state index contributed by atoms with van der Waals surface area (Å²) >= 11 is 0. The van der Waals surface area contributed by atoms with Gasteiger partial charge in [-0.15, -0.1) is 0 Å². The predicted octanol–water partition coefficient (Wildman–Crippen LogP) is 1.92. The highest BCUT2D eigenvalue weighted by atomic mass is 16.5. The van der Waals surface area contributed by atoms with Crippen LogP contribution in [0, 0.1) is 5.92 Å². The summed E-state index contributed by atoms with van der Waals surface area (Å²) in [6.45, 7) is 0.796. The minimum absolute atomic E-state index is 0.266. The molecule has 2 heteroatoms. The molecule has 0 spiro atoms. The first-order valence-electron chi connectivity index (χ1n) is 5.10. The molecular formula is C12H12O2. The van der Waals surface area contributed by atoms with Crippen molar-refractivity contribution in [3.63, 3.8) is 0 Å². The minimum Gasteiger partial charge on any atom is -0.493 e. The van der Waals surface area contributed by atoms with Gasteiger partial charge in [-0.2, -0.15) is 0 Å². The Morgan fingerprint density at radius 1 is 1.43 bits per heavy atom. The van der Waals surface area contributed by atoms with Crippen LogP contribution in [0.4, 0.5) is 0 Å². The monoisotopic (exact) mass is 188 g/mol. The molecule has 0 saturated heterocycles. The summed E-state index contributed by atoms with van der Waals surface area (Å²) < 4.78 is 5.50. The van der Waals surface area contributed by atoms with E-state index in [4.69, 9.17) is 4.74 Å². The molecule has 2 atom stereocenters. The molecule has 1 aliphatic heterocycles. The number of hydrogen-bond donors (Lipinski definition) is 0. The van der Waals surface area contributed by atoms with Crippen LogP contribution in [0.3, 0.4) is 0 Å². The van der Waals surface area contributed by atoms with Crippen molar-refractivity contribution < 1.29 is 9.53 Å². The summed E-state index contributed by atoms with van der Waals surface area (Å²) in [6, 6.07) is 6.19. The van der Waals surface area contributed by atoms with E-state index in [0.29, 0.717) is 5.92 Å². The van der Waals surface area contributed by atoms with Gasteiger partial charge in [-0.3, -0.25) is 0 Å². The molecule has 2 nitrogen and oxygen atoms in total. The van der Waals surface area contributed by atoms with Gasteiger partial charge in [0.25, 0.3) is 0 Å². The average molecular weight is 188 g/mol. The van der Waals surface area contributed by atoms with Crippen molar-refractivity contribution in [2.75, 3.05) is 6.61 Å². The number of carbonyl (C=O) groups excluding carboxylic acids is 1. The molecule has 1 unspecified atom stereocenters. The molecule has 72 valence electrons. The Kier molecular flexibility index (Phi) is 1.63. The SMILES string of the molecule is O=C[C@@H]1CC1c1cccc2c1CCO2. The third kappa shape index (κ3) is 1.07. The zero-order valence-corrected chi connectivity index (χ0v) is 7.90. The number of fused-ring (bicyclic) bond motifs is 1. The van der Waals surface area contributed by atoms with Crippen molar-refractivity contribution in [3.05, 3.63) is 29.3 Å². The number of aldehydes is 1. The van der Waals surface area contributed by atoms with E-state index in [1.807, 2.05) is 12.1 Å². The summed E-state index contributed by atoms with van der Waals surface area (Å²) in [5, 5.41) is 0. The fourth-order valence-corrected chi connectivity index (χ4v) is 2.32. The van der Waals surface area contributed by atoms with E-state index in [1.54, 1.807) is 0 Å². The van der Waals surface area contributed by atoms with E-state index in [0.717, 1.165) is 31.5 Å². The fourth-order valence-electron chi connectivity index (χ4n) is 2.32. The van der Waals surface area contributed by atoms with Crippen molar-refractivity contribution in [1.29, 1.82) is 0 Å². The van der Waals surface area contributed by atoms with Crippen LogP contribution in [0.5, 0.6) is 5.75 Å². The number of benzene rings is 1. The molecule has 1 fully saturated rings. The lowest BCUT2D eigenvalue weighted by molar-refractivity contribution is -0.108. The Labute approximate surface area is 82.9 Å². The van der Waals surface area contributed by atoms with Crippen LogP contribution in [0.1, 0.15) is 23.5 Å². The second kappa shape index (κ2) is 2.84. The summed E-state index contributed by atoms with van der Waals surface area (Å²) in [4.78, 5) is 10.6. The number of rotatable bonds is 2. The zero-order chi connectivity index (χ0) is 9.54. The molecule has 1 aromatic carbocycles. The van der Waals surface area contributed by atoms with Gasteiger partial charge in [-0.05, 0) is 24.0 Å². The topological polar surface area (TPSA) is 26.3 Å². The lowest BCUT2D eigenvalue weighted by Crippen LogP contribution is -1.91. The largest absolute Gasteiger partial charge is 0.493 e. The Balaban J connectivity index is 1.99. The Hall–Kier alpha value is -1.31. The average Bonchev–Trinajstić information content (AvgIpc) is 2.85. The van der Waals surface area contributed by atoms with Crippen molar-refractivity contribution >= 4 is 6.29 Å². The van der Waals surface area contributed by atoms with Crippen molar-refractivity contribution in [3.8, 4) is 5.75 Å². The van der Waals surface area contributed by atoms with E-state index in [9.17, 15) is 4.79 Å². The van der Waals surface area contributed by atoms with E-state index in [2.05, 4.69) is 6.07 Å². The van der Waals surface area contributed by atoms with Crippen LogP contribution in [0.25, 0.3) is 0 Å². The number of ether oxygens (including phenoxy) is 1. The van der Waals surface area contributed by atoms with Gasteiger partial charge in [-0.25, -0.2) is 0 Å². The second-order valence-corrected chi connectivity index (χ2v) is 4.06. The van der Waals surface area contributed by atoms with Gasteiger partial charge >= 0.3 is 0 Å². The number of carbonyl (C=O) groups is 1. The molecule has 0 amide bonds. The molecular weight excluding hydrogens is 176 g/mol. The third-order valence-electron chi connectivity index (χ3n) is 3.19. The van der Waals surface area contributed by atoms with Crippen molar-refractivity contribution in [1.82, 2.24) is 0 Å². The maximum absolute atomic E-state index is 10.6. The molecule has 0 radical (unpaired) electrons. The zero-order valence-electron chi connectivity index (χ0n) is 7.90. The van der Waals surface area contributed by atoms with E-state index in [1.165, 1.54) is 11.1 Å². The summed E-state index contributed by atoms with van der Waals surface area (Å²) in [5.74, 6) is 1.77. The Morgan fingerprint density at radius 2 is 2.36 bits per heavy atom. The first-order chi connectivity index (χ1) is 6.90. The fraction of sp³-hybridized carbons (Fsp3) is 0.417. The third-order valence-corrected chi connectivity index (χ3v) is 3.19. The van der Waals surface area contributed by atoms with Gasteiger partial charge < -0.3 is 9.53 Å². The van der Waals surface area contributed by atoms with Gasteiger partial charge in [0.1, 0.15) is 12.0 Å². The molecule has 0 N–H and O–H groups in total. The highest BCUT2D eigenvalue weighted by Crippen LogP contribution is 2.49. The quantitative estimate of drug-likeness (QED) is 0.663. The Morgan fingerprint density at radius 3 is 3.14 bits per heavy atom. The molecule has 1 heterocycles. The van der Waals surface area contributed by atoms with Crippen LogP contribution in [-0.4, -0.2) is 12.9 Å². The lowest BCUT2D eigenvalue weighted by Gasteiger charge is -2.04. The molecule has 1 saturated carbocycles. The first kappa shape index (κ1) is 8.04. The van der Waals surface area contributed by atoms with Crippen LogP contribution >= 0.6 is 0 Å². The minimum atomic E-state index is 0.266. The van der Waals surface area contributed by atoms with Crippen LogP contribution in [-0.2, 0) is 11.2 Å². The summed E-state index contributed by atoms with van der Waals surface area (Å²) in [6.07, 6.45) is 3.12. The van der Waals surface area contributed by atoms with E-state index in [-0.39, 0.29) is 5.92 Å². The van der Waals surface area contributed by atoms with Gasteiger partial charge in [0.2, 0.25) is 0 Å². The molecule has 1 aliphatic carbocycles. The van der Waals surface area contributed by atoms with Gasteiger partial charge in [-0.1, -0.05) is 12.1 Å². The first-order valence-corrected chi connectivity index (χ1v) is 5.10. The highest BCUT2D eigenvalue weighted by molar-refractivity contribution is 5.62. The molecule has 0 aromatic heterocycles. The van der Waals surface area contributed by atoms with Gasteiger partial charge in [0.05, 0.1) is 6.61 Å². The van der Waals surface area contributed by atoms with Gasteiger partial charge in [0.15, 0.2) is 0 Å². The molecule has 0 bridgehead atoms. The van der Waals surface area contributed by atoms with Gasteiger partial charge in [0, 0.05) is 17.9 Å². The summed E-state index contributed by atoms with van der Waals surface area (Å²) in [7, 11) is 0. The molecule has 2 aliphatic rings. The van der Waals surface area contributed by atoms with Crippen molar-refractivity contribution in [2.45, 2.75) is 18.8 Å². The predicted molar refractivity (Wildman–Crippen MR) is 52.6 cm³/mol. The second-order valence-electron chi connectivity index (χ2n) is 4.06. The normalized spacial score (nSPS) is 28.0. The van der Waals surface area contributed by atoms with E-state index < -0.39 is 0 Å². The highest BCUT2D eigenvalue weighted by Gasteiger charge is 2.40. The van der Waals surface area contributed by atoms with Crippen LogP contribution in [0.15, 0.2) is 18.2 Å². The maximum Gasteiger partial charge on any atom is 0.123 e.